The highest BCUT2D eigenvalue weighted by molar-refractivity contribution is 5.89. The number of anilines is 1. The number of aromatic amines is 1. The molecule has 8 heteroatoms. The third-order valence-corrected chi connectivity index (χ3v) is 5.31. The quantitative estimate of drug-likeness (QED) is 0.662. The number of nitrogens with one attached hydrogen (secondary N) is 2. The zero-order valence-electron chi connectivity index (χ0n) is 14.1. The summed E-state index contributed by atoms with van der Waals surface area (Å²) >= 11 is 0. The zero-order valence-corrected chi connectivity index (χ0v) is 14.1. The molecule has 2 aliphatic rings. The SMILES string of the molecule is OC1([C@@H]2CN(c3ccc(F)c(-c4[nH]nc5ncccc45)n3)CCN2)CC1.[HH]. The van der Waals surface area contributed by atoms with Crippen LogP contribution in [0.2, 0.25) is 0 Å². The molecule has 7 nitrogen and oxygen atoms in total. The number of rotatable bonds is 3. The summed E-state index contributed by atoms with van der Waals surface area (Å²) < 4.78 is 14.5. The van der Waals surface area contributed by atoms with E-state index in [9.17, 15) is 9.50 Å². The van der Waals surface area contributed by atoms with Crippen molar-refractivity contribution in [3.8, 4) is 11.4 Å². The summed E-state index contributed by atoms with van der Waals surface area (Å²) in [7, 11) is 0. The molecule has 0 spiro atoms. The lowest BCUT2D eigenvalue weighted by Gasteiger charge is -2.37. The van der Waals surface area contributed by atoms with E-state index in [0.29, 0.717) is 23.7 Å². The Morgan fingerprint density at radius 2 is 2.19 bits per heavy atom. The molecule has 0 radical (unpaired) electrons. The topological polar surface area (TPSA) is 90.0 Å². The molecule has 3 aromatic heterocycles. The Kier molecular flexibility index (Phi) is 3.44. The lowest BCUT2D eigenvalue weighted by molar-refractivity contribution is 0.0995. The number of hydrogen-bond donors (Lipinski definition) is 3. The van der Waals surface area contributed by atoms with Crippen molar-refractivity contribution in [1.82, 2.24) is 25.5 Å². The second-order valence-electron chi connectivity index (χ2n) is 7.03. The lowest BCUT2D eigenvalue weighted by Crippen LogP contribution is -2.57. The average molecular weight is 356 g/mol. The molecule has 1 saturated carbocycles. The summed E-state index contributed by atoms with van der Waals surface area (Å²) in [6, 6.07) is 6.78. The smallest absolute Gasteiger partial charge is 0.181 e. The zero-order chi connectivity index (χ0) is 17.7. The van der Waals surface area contributed by atoms with Crippen molar-refractivity contribution in [2.75, 3.05) is 24.5 Å². The average Bonchev–Trinajstić information content (AvgIpc) is 3.29. The molecule has 3 aromatic rings. The Balaban J connectivity index is 0.00000180. The van der Waals surface area contributed by atoms with Gasteiger partial charge in [0.25, 0.3) is 0 Å². The van der Waals surface area contributed by atoms with Gasteiger partial charge in [0.05, 0.1) is 17.3 Å². The minimum atomic E-state index is -0.604. The first kappa shape index (κ1) is 15.7. The third kappa shape index (κ3) is 2.53. The summed E-state index contributed by atoms with van der Waals surface area (Å²) in [4.78, 5) is 10.8. The first-order chi connectivity index (χ1) is 12.6. The minimum absolute atomic E-state index is 0. The van der Waals surface area contributed by atoms with Crippen LogP contribution in [0.4, 0.5) is 10.2 Å². The van der Waals surface area contributed by atoms with Crippen molar-refractivity contribution in [2.24, 2.45) is 0 Å². The van der Waals surface area contributed by atoms with Gasteiger partial charge >= 0.3 is 0 Å². The lowest BCUT2D eigenvalue weighted by atomic mass is 10.1. The first-order valence-corrected chi connectivity index (χ1v) is 8.81. The summed E-state index contributed by atoms with van der Waals surface area (Å²) in [6.45, 7) is 2.17. The molecule has 5 rings (SSSR count). The molecule has 26 heavy (non-hydrogen) atoms. The normalized spacial score (nSPS) is 21.9. The standard InChI is InChI=1S/C18H19FN6O.H2/c19-12-3-4-14(25-9-8-20-13(10-25)18(26)5-6-18)22-16(12)15-11-2-1-7-21-17(11)24-23-15;/h1-4,7,13,20,26H,5-6,8-10H2,(H,21,23,24);1H/t13-;/m0./s1. The summed E-state index contributed by atoms with van der Waals surface area (Å²) in [6.07, 6.45) is 3.30. The fourth-order valence-corrected chi connectivity index (χ4v) is 3.61. The third-order valence-electron chi connectivity index (χ3n) is 5.31. The minimum Gasteiger partial charge on any atom is -0.388 e. The van der Waals surface area contributed by atoms with E-state index < -0.39 is 11.4 Å². The number of aliphatic hydroxyl groups is 1. The fraction of sp³-hybridized carbons (Fsp3) is 0.389. The second-order valence-corrected chi connectivity index (χ2v) is 7.03. The van der Waals surface area contributed by atoms with Crippen LogP contribution in [0, 0.1) is 5.82 Å². The van der Waals surface area contributed by atoms with Gasteiger partial charge in [-0.05, 0) is 37.1 Å². The molecular weight excluding hydrogens is 335 g/mol. The number of pyridine rings is 2. The van der Waals surface area contributed by atoms with Crippen LogP contribution < -0.4 is 10.2 Å². The Morgan fingerprint density at radius 3 is 3.04 bits per heavy atom. The van der Waals surface area contributed by atoms with E-state index in [2.05, 4.69) is 30.4 Å². The van der Waals surface area contributed by atoms with Crippen LogP contribution in [-0.2, 0) is 0 Å². The van der Waals surface area contributed by atoms with Crippen molar-refractivity contribution < 1.29 is 10.9 Å². The fourth-order valence-electron chi connectivity index (χ4n) is 3.61. The summed E-state index contributed by atoms with van der Waals surface area (Å²) in [5.74, 6) is 0.291. The molecule has 0 amide bonds. The van der Waals surface area contributed by atoms with E-state index in [1.807, 2.05) is 6.07 Å². The van der Waals surface area contributed by atoms with Gasteiger partial charge in [0.1, 0.15) is 11.5 Å². The number of aromatic nitrogens is 4. The highest BCUT2D eigenvalue weighted by atomic mass is 19.1. The van der Waals surface area contributed by atoms with Crippen LogP contribution in [0.1, 0.15) is 14.3 Å². The highest BCUT2D eigenvalue weighted by Gasteiger charge is 2.49. The Labute approximate surface area is 150 Å². The predicted molar refractivity (Wildman–Crippen MR) is 97.4 cm³/mol. The molecule has 4 heterocycles. The van der Waals surface area contributed by atoms with Crippen molar-refractivity contribution in [3.05, 3.63) is 36.3 Å². The molecule has 1 saturated heterocycles. The second kappa shape index (κ2) is 5.72. The molecule has 0 bridgehead atoms. The van der Waals surface area contributed by atoms with Crippen molar-refractivity contribution in [3.63, 3.8) is 0 Å². The van der Waals surface area contributed by atoms with Gasteiger partial charge in [0, 0.05) is 32.6 Å². The maximum Gasteiger partial charge on any atom is 0.181 e. The van der Waals surface area contributed by atoms with Crippen LogP contribution >= 0.6 is 0 Å². The number of nitrogens with zero attached hydrogens (tertiary/aromatic N) is 4. The number of H-pyrrole nitrogens is 1. The van der Waals surface area contributed by atoms with Gasteiger partial charge in [-0.2, -0.15) is 5.10 Å². The molecule has 1 aliphatic carbocycles. The van der Waals surface area contributed by atoms with Gasteiger partial charge in [0.2, 0.25) is 0 Å². The van der Waals surface area contributed by atoms with Gasteiger partial charge in [-0.1, -0.05) is 0 Å². The molecule has 1 atom stereocenters. The van der Waals surface area contributed by atoms with E-state index in [0.717, 1.165) is 31.3 Å². The Bertz CT molecular complexity index is 975. The van der Waals surface area contributed by atoms with Crippen molar-refractivity contribution in [1.29, 1.82) is 0 Å². The molecule has 0 unspecified atom stereocenters. The van der Waals surface area contributed by atoms with Gasteiger partial charge < -0.3 is 15.3 Å². The molecule has 0 aromatic carbocycles. The Hall–Kier alpha value is -2.58. The van der Waals surface area contributed by atoms with E-state index in [1.165, 1.54) is 6.07 Å². The number of halogens is 1. The number of hydrogen-bond acceptors (Lipinski definition) is 6. The van der Waals surface area contributed by atoms with E-state index >= 15 is 0 Å². The highest BCUT2D eigenvalue weighted by Crippen LogP contribution is 2.39. The Morgan fingerprint density at radius 1 is 1.31 bits per heavy atom. The van der Waals surface area contributed by atoms with Crippen LogP contribution in [0.5, 0.6) is 0 Å². The van der Waals surface area contributed by atoms with Gasteiger partial charge in [-0.25, -0.2) is 14.4 Å². The summed E-state index contributed by atoms with van der Waals surface area (Å²) in [5, 5.41) is 21.5. The number of fused-ring (bicyclic) bond motifs is 1. The molecule has 136 valence electrons. The van der Waals surface area contributed by atoms with Gasteiger partial charge in [0.15, 0.2) is 11.5 Å². The van der Waals surface area contributed by atoms with Gasteiger partial charge in [-0.15, -0.1) is 0 Å². The van der Waals surface area contributed by atoms with Crippen LogP contribution in [0.25, 0.3) is 22.4 Å². The number of piperazine rings is 1. The van der Waals surface area contributed by atoms with Crippen LogP contribution in [0.3, 0.4) is 0 Å². The molecule has 3 N–H and O–H groups in total. The van der Waals surface area contributed by atoms with Gasteiger partial charge in [-0.3, -0.25) is 5.10 Å². The predicted octanol–water partition coefficient (Wildman–Crippen LogP) is 1.71. The first-order valence-electron chi connectivity index (χ1n) is 8.81. The van der Waals surface area contributed by atoms with Crippen LogP contribution in [-0.4, -0.2) is 56.5 Å². The van der Waals surface area contributed by atoms with E-state index in [1.54, 1.807) is 18.3 Å². The van der Waals surface area contributed by atoms with E-state index in [4.69, 9.17) is 0 Å². The summed E-state index contributed by atoms with van der Waals surface area (Å²) in [5.41, 5.74) is 0.692. The molecule has 1 aliphatic heterocycles. The maximum absolute atomic E-state index is 14.5. The maximum atomic E-state index is 14.5. The van der Waals surface area contributed by atoms with Crippen molar-refractivity contribution >= 4 is 16.9 Å². The largest absolute Gasteiger partial charge is 0.388 e. The van der Waals surface area contributed by atoms with Crippen LogP contribution in [0.15, 0.2) is 30.5 Å². The van der Waals surface area contributed by atoms with Crippen molar-refractivity contribution in [2.45, 2.75) is 24.5 Å². The van der Waals surface area contributed by atoms with E-state index in [-0.39, 0.29) is 13.2 Å². The molecule has 2 fully saturated rings. The molecular formula is C18H21FN6O. The monoisotopic (exact) mass is 356 g/mol.